The maximum atomic E-state index is 11.6. The van der Waals surface area contributed by atoms with Gasteiger partial charge in [-0.2, -0.15) is 0 Å². The van der Waals surface area contributed by atoms with Crippen LogP contribution in [-0.2, 0) is 19.1 Å². The van der Waals surface area contributed by atoms with Crippen LogP contribution in [0.1, 0.15) is 52.9 Å². The average molecular weight is 260 g/mol. The van der Waals surface area contributed by atoms with Gasteiger partial charge in [-0.1, -0.05) is 0 Å². The zero-order valence-corrected chi connectivity index (χ0v) is 11.2. The molecule has 0 aromatic carbocycles. The number of ether oxygens (including phenoxy) is 2. The highest BCUT2D eigenvalue weighted by atomic mass is 16.6. The first-order chi connectivity index (χ1) is 8.80. The van der Waals surface area contributed by atoms with Crippen molar-refractivity contribution in [3.8, 4) is 0 Å². The molecule has 0 radical (unpaired) electrons. The van der Waals surface area contributed by atoms with Gasteiger partial charge < -0.3 is 14.6 Å². The SMILES string of the molecule is [3H]O[C@@H](CC(=O)OC(C)(C)C)C[C@@H]1CCCC(=O)O1. The third-order valence-electron chi connectivity index (χ3n) is 2.55. The van der Waals surface area contributed by atoms with Crippen LogP contribution in [0.2, 0.25) is 0 Å². The molecule has 0 bridgehead atoms. The second kappa shape index (κ2) is 6.18. The van der Waals surface area contributed by atoms with Crippen LogP contribution in [0.5, 0.6) is 0 Å². The number of aliphatic hydroxyl groups is 1. The molecule has 0 spiro atoms. The number of aliphatic hydroxyl groups excluding tert-OH is 1. The molecule has 1 fully saturated rings. The molecule has 18 heavy (non-hydrogen) atoms. The molecule has 1 aliphatic heterocycles. The summed E-state index contributed by atoms with van der Waals surface area (Å²) in [4.78, 5) is 22.8. The van der Waals surface area contributed by atoms with E-state index in [2.05, 4.69) is 5.11 Å². The van der Waals surface area contributed by atoms with Crippen molar-refractivity contribution in [2.45, 2.75) is 70.7 Å². The predicted octanol–water partition coefficient (Wildman–Crippen LogP) is 1.56. The van der Waals surface area contributed by atoms with E-state index in [1.54, 1.807) is 20.8 Å². The fourth-order valence-corrected chi connectivity index (χ4v) is 1.89. The highest BCUT2D eigenvalue weighted by molar-refractivity contribution is 5.71. The van der Waals surface area contributed by atoms with Gasteiger partial charge in [0, 0.05) is 12.8 Å². The maximum absolute atomic E-state index is 11.6. The first-order valence-corrected chi connectivity index (χ1v) is 6.33. The molecule has 1 saturated heterocycles. The average Bonchev–Trinajstić information content (AvgIpc) is 2.25. The number of cyclic esters (lactones) is 1. The zero-order chi connectivity index (χ0) is 14.5. The van der Waals surface area contributed by atoms with Crippen molar-refractivity contribution in [1.82, 2.24) is 0 Å². The van der Waals surface area contributed by atoms with Gasteiger partial charge in [-0.15, -0.1) is 0 Å². The largest absolute Gasteiger partial charge is 0.462 e. The van der Waals surface area contributed by atoms with E-state index in [1.165, 1.54) is 0 Å². The van der Waals surface area contributed by atoms with E-state index in [9.17, 15) is 9.59 Å². The Morgan fingerprint density at radius 3 is 2.94 bits per heavy atom. The number of hydrogen-bond acceptors (Lipinski definition) is 5. The fourth-order valence-electron chi connectivity index (χ4n) is 1.89. The number of carbonyl (C=O) groups is 2. The molecule has 1 heterocycles. The van der Waals surface area contributed by atoms with Crippen molar-refractivity contribution >= 4 is 11.9 Å². The van der Waals surface area contributed by atoms with Gasteiger partial charge in [0.25, 0.3) is 0 Å². The Morgan fingerprint density at radius 2 is 2.39 bits per heavy atom. The Hall–Kier alpha value is -1.10. The number of esters is 2. The van der Waals surface area contributed by atoms with Gasteiger partial charge in [0.05, 0.1) is 12.5 Å². The molecule has 5 heteroatoms. The van der Waals surface area contributed by atoms with Gasteiger partial charge in [-0.05, 0) is 33.6 Å². The lowest BCUT2D eigenvalue weighted by molar-refractivity contribution is -0.159. The molecule has 0 saturated carbocycles. The van der Waals surface area contributed by atoms with E-state index in [0.29, 0.717) is 12.8 Å². The van der Waals surface area contributed by atoms with Crippen LogP contribution in [0.15, 0.2) is 0 Å². The van der Waals surface area contributed by atoms with Crippen LogP contribution >= 0.6 is 0 Å². The standard InChI is InChI=1S/C13H22O5/c1-13(2,3)18-12(16)8-9(14)7-10-5-4-6-11(15)17-10/h9-10,14H,4-8H2,1-3H3/t9-,10+/m1/s1/i14T. The summed E-state index contributed by atoms with van der Waals surface area (Å²) in [7, 11) is 0. The second-order valence-electron chi connectivity index (χ2n) is 5.65. The molecular formula is C13H22O5. The molecule has 0 amide bonds. The van der Waals surface area contributed by atoms with Crippen molar-refractivity contribution < 1.29 is 24.2 Å². The number of carbonyl (C=O) groups excluding carboxylic acids is 2. The smallest absolute Gasteiger partial charge is 0.308 e. The Kier molecular flexibility index (Phi) is 4.58. The highest BCUT2D eigenvalue weighted by Crippen LogP contribution is 2.19. The van der Waals surface area contributed by atoms with Crippen LogP contribution in [0, 0.1) is 0 Å². The van der Waals surface area contributed by atoms with Crippen molar-refractivity contribution in [3.63, 3.8) is 0 Å². The van der Waals surface area contributed by atoms with E-state index >= 15 is 0 Å². The summed E-state index contributed by atoms with van der Waals surface area (Å²) in [5.41, 5.74) is -0.555. The predicted molar refractivity (Wildman–Crippen MR) is 64.8 cm³/mol. The minimum Gasteiger partial charge on any atom is -0.462 e. The van der Waals surface area contributed by atoms with Crippen molar-refractivity contribution in [1.29, 1.82) is 1.43 Å². The summed E-state index contributed by atoms with van der Waals surface area (Å²) in [6.07, 6.45) is 1.45. The van der Waals surface area contributed by atoms with Crippen LogP contribution < -0.4 is 0 Å². The summed E-state index contributed by atoms with van der Waals surface area (Å²) in [5, 5.41) is 4.53. The second-order valence-corrected chi connectivity index (χ2v) is 5.65. The minimum absolute atomic E-state index is 0.00514. The van der Waals surface area contributed by atoms with Crippen LogP contribution in [0.3, 0.4) is 0 Å². The molecule has 0 aromatic rings. The summed E-state index contributed by atoms with van der Waals surface area (Å²) < 4.78 is 17.3. The zero-order valence-electron chi connectivity index (χ0n) is 12.2. The van der Waals surface area contributed by atoms with E-state index in [4.69, 9.17) is 10.9 Å². The van der Waals surface area contributed by atoms with Gasteiger partial charge >= 0.3 is 11.9 Å². The molecule has 1 aliphatic rings. The third kappa shape index (κ3) is 6.00. The summed E-state index contributed by atoms with van der Waals surface area (Å²) in [5.74, 6) is -0.635. The number of hydrogen-bond donors (Lipinski definition) is 1. The monoisotopic (exact) mass is 260 g/mol. The van der Waals surface area contributed by atoms with E-state index in [0.717, 1.165) is 12.8 Å². The molecule has 104 valence electrons. The van der Waals surface area contributed by atoms with Crippen LogP contribution in [0.25, 0.3) is 0 Å². The van der Waals surface area contributed by atoms with Gasteiger partial charge in [-0.3, -0.25) is 9.59 Å². The Morgan fingerprint density at radius 1 is 1.67 bits per heavy atom. The first-order valence-electron chi connectivity index (χ1n) is 6.74. The fraction of sp³-hybridized carbons (Fsp3) is 0.846. The molecule has 2 atom stereocenters. The summed E-state index contributed by atoms with van der Waals surface area (Å²) in [6, 6.07) is 0. The molecule has 0 aliphatic carbocycles. The molecule has 0 unspecified atom stereocenters. The molecule has 0 aromatic heterocycles. The van der Waals surface area contributed by atoms with Gasteiger partial charge in [-0.25, -0.2) is 0 Å². The molecule has 1 rings (SSSR count). The van der Waals surface area contributed by atoms with Crippen molar-refractivity contribution in [2.75, 3.05) is 0 Å². The number of rotatable bonds is 5. The molecule has 1 N–H and O–H groups in total. The Bertz CT molecular complexity index is 323. The van der Waals surface area contributed by atoms with E-state index in [-0.39, 0.29) is 18.5 Å². The normalized spacial score (nSPS) is 22.9. The molecule has 5 nitrogen and oxygen atoms in total. The van der Waals surface area contributed by atoms with Crippen LogP contribution in [-0.4, -0.2) is 36.3 Å². The lowest BCUT2D eigenvalue weighted by atomic mass is 10.0. The van der Waals surface area contributed by atoms with Gasteiger partial charge in [0.1, 0.15) is 11.7 Å². The third-order valence-corrected chi connectivity index (χ3v) is 2.55. The first kappa shape index (κ1) is 13.3. The Labute approximate surface area is 109 Å². The van der Waals surface area contributed by atoms with Crippen molar-refractivity contribution in [2.24, 2.45) is 0 Å². The van der Waals surface area contributed by atoms with Gasteiger partial charge in [0.15, 0.2) is 0 Å². The summed E-state index contributed by atoms with van der Waals surface area (Å²) in [6.45, 7) is 5.35. The van der Waals surface area contributed by atoms with Gasteiger partial charge in [0.2, 0.25) is 1.43 Å². The Balaban J connectivity index is 2.40. The quantitative estimate of drug-likeness (QED) is 0.759. The maximum Gasteiger partial charge on any atom is 0.308 e. The lowest BCUT2D eigenvalue weighted by Gasteiger charge is -2.25. The summed E-state index contributed by atoms with van der Waals surface area (Å²) >= 11 is 0. The highest BCUT2D eigenvalue weighted by Gasteiger charge is 2.25. The van der Waals surface area contributed by atoms with E-state index < -0.39 is 17.7 Å². The minimum atomic E-state index is -0.606. The van der Waals surface area contributed by atoms with Crippen molar-refractivity contribution in [3.05, 3.63) is 0 Å². The van der Waals surface area contributed by atoms with E-state index in [1.807, 2.05) is 0 Å². The topological polar surface area (TPSA) is 72.8 Å². The molecular weight excluding hydrogens is 236 g/mol. The van der Waals surface area contributed by atoms with Crippen LogP contribution in [0.4, 0.5) is 0 Å². The lowest BCUT2D eigenvalue weighted by Crippen LogP contribution is -2.31.